The summed E-state index contributed by atoms with van der Waals surface area (Å²) in [5.74, 6) is 1.42. The zero-order valence-corrected chi connectivity index (χ0v) is 17.2. The number of ether oxygens (including phenoxy) is 2. The van der Waals surface area contributed by atoms with E-state index >= 15 is 0 Å². The molecule has 0 bridgehead atoms. The molecule has 1 aliphatic heterocycles. The fourth-order valence-electron chi connectivity index (χ4n) is 3.34. The molecule has 9 heteroatoms. The number of carbonyl (C=O) groups is 2. The Kier molecular flexibility index (Phi) is 4.91. The highest BCUT2D eigenvalue weighted by Crippen LogP contribution is 2.36. The van der Waals surface area contributed by atoms with Gasteiger partial charge in [0.25, 0.3) is 5.22 Å². The van der Waals surface area contributed by atoms with Crippen LogP contribution >= 0.6 is 11.8 Å². The minimum absolute atomic E-state index is 0.0686. The SMILES string of the molecule is CC(=O)c1c(C)[nH]c(C(=O)[C@H](C)Sc2nnc(-c3ccc4c(c3)OCO4)o2)c1C. The molecule has 0 amide bonds. The third-order valence-corrected chi connectivity index (χ3v) is 5.64. The van der Waals surface area contributed by atoms with Gasteiger partial charge in [0.1, 0.15) is 0 Å². The van der Waals surface area contributed by atoms with Crippen LogP contribution in [0.3, 0.4) is 0 Å². The quantitative estimate of drug-likeness (QED) is 0.478. The normalized spacial score (nSPS) is 13.5. The van der Waals surface area contributed by atoms with Crippen molar-refractivity contribution in [2.45, 2.75) is 38.2 Å². The van der Waals surface area contributed by atoms with Crippen molar-refractivity contribution >= 4 is 23.3 Å². The van der Waals surface area contributed by atoms with Gasteiger partial charge in [-0.05, 0) is 51.5 Å². The number of benzene rings is 1. The van der Waals surface area contributed by atoms with Gasteiger partial charge in [0.15, 0.2) is 23.1 Å². The molecule has 1 N–H and O–H groups in total. The average molecular weight is 413 g/mol. The second-order valence-corrected chi connectivity index (χ2v) is 8.04. The number of aryl methyl sites for hydroxylation is 1. The molecule has 0 spiro atoms. The molecule has 150 valence electrons. The highest BCUT2D eigenvalue weighted by Gasteiger charge is 2.26. The molecule has 29 heavy (non-hydrogen) atoms. The van der Waals surface area contributed by atoms with Crippen LogP contribution in [0.25, 0.3) is 11.5 Å². The van der Waals surface area contributed by atoms with Crippen LogP contribution in [0.15, 0.2) is 27.8 Å². The number of H-pyrrole nitrogens is 1. The Labute approximate surface area is 171 Å². The highest BCUT2D eigenvalue weighted by molar-refractivity contribution is 8.00. The second kappa shape index (κ2) is 7.40. The lowest BCUT2D eigenvalue weighted by Crippen LogP contribution is -2.15. The zero-order valence-electron chi connectivity index (χ0n) is 16.4. The molecule has 3 aromatic rings. The summed E-state index contributed by atoms with van der Waals surface area (Å²) in [6, 6.07) is 5.36. The van der Waals surface area contributed by atoms with E-state index in [1.807, 2.05) is 0 Å². The van der Waals surface area contributed by atoms with Crippen LogP contribution in [-0.2, 0) is 0 Å². The molecule has 2 aromatic heterocycles. The number of rotatable bonds is 6. The standard InChI is InChI=1S/C20H19N3O5S/c1-9-16(11(3)24)10(2)21-17(9)18(25)12(4)29-20-23-22-19(28-20)13-5-6-14-15(7-13)27-8-26-14/h5-7,12,21H,8H2,1-4H3/t12-/m0/s1. The Morgan fingerprint density at radius 3 is 2.66 bits per heavy atom. The van der Waals surface area contributed by atoms with E-state index in [-0.39, 0.29) is 23.6 Å². The molecule has 0 saturated carbocycles. The summed E-state index contributed by atoms with van der Waals surface area (Å²) in [5.41, 5.74) is 3.06. The number of hydrogen-bond acceptors (Lipinski definition) is 8. The summed E-state index contributed by atoms with van der Waals surface area (Å²) < 4.78 is 16.4. The minimum Gasteiger partial charge on any atom is -0.454 e. The van der Waals surface area contributed by atoms with Gasteiger partial charge in [-0.1, -0.05) is 11.8 Å². The summed E-state index contributed by atoms with van der Waals surface area (Å²) in [4.78, 5) is 27.7. The Bertz CT molecular complexity index is 1120. The van der Waals surface area contributed by atoms with E-state index in [1.165, 1.54) is 18.7 Å². The van der Waals surface area contributed by atoms with E-state index < -0.39 is 5.25 Å². The molecule has 0 radical (unpaired) electrons. The van der Waals surface area contributed by atoms with Crippen LogP contribution in [-0.4, -0.2) is 38.8 Å². The van der Waals surface area contributed by atoms with Gasteiger partial charge in [0.2, 0.25) is 12.7 Å². The molecule has 1 atom stereocenters. The molecule has 0 saturated heterocycles. The van der Waals surface area contributed by atoms with Gasteiger partial charge in [0, 0.05) is 16.8 Å². The minimum atomic E-state index is -0.475. The van der Waals surface area contributed by atoms with Crippen LogP contribution in [0.1, 0.15) is 46.0 Å². The molecule has 0 aliphatic carbocycles. The first-order chi connectivity index (χ1) is 13.8. The van der Waals surface area contributed by atoms with Gasteiger partial charge >= 0.3 is 0 Å². The van der Waals surface area contributed by atoms with Gasteiger partial charge in [-0.3, -0.25) is 9.59 Å². The number of Topliss-reactive ketones (excluding diaryl/α,β-unsaturated/α-hetero) is 2. The molecule has 4 rings (SSSR count). The summed E-state index contributed by atoms with van der Waals surface area (Å²) in [6.07, 6.45) is 0. The van der Waals surface area contributed by atoms with Gasteiger partial charge in [-0.2, -0.15) is 0 Å². The molecular formula is C20H19N3O5S. The van der Waals surface area contributed by atoms with E-state index in [0.29, 0.717) is 45.5 Å². The fraction of sp³-hybridized carbons (Fsp3) is 0.300. The number of fused-ring (bicyclic) bond motifs is 1. The van der Waals surface area contributed by atoms with Gasteiger partial charge < -0.3 is 18.9 Å². The third-order valence-electron chi connectivity index (χ3n) is 4.71. The van der Waals surface area contributed by atoms with E-state index in [1.54, 1.807) is 39.0 Å². The number of carbonyl (C=O) groups excluding carboxylic acids is 2. The smallest absolute Gasteiger partial charge is 0.277 e. The van der Waals surface area contributed by atoms with Crippen LogP contribution in [0.4, 0.5) is 0 Å². The Morgan fingerprint density at radius 1 is 1.17 bits per heavy atom. The fourth-order valence-corrected chi connectivity index (χ4v) is 4.08. The van der Waals surface area contributed by atoms with Crippen molar-refractivity contribution in [3.05, 3.63) is 40.7 Å². The van der Waals surface area contributed by atoms with Crippen LogP contribution in [0.2, 0.25) is 0 Å². The van der Waals surface area contributed by atoms with Crippen LogP contribution in [0, 0.1) is 13.8 Å². The summed E-state index contributed by atoms with van der Waals surface area (Å²) in [5, 5.41) is 7.90. The topological polar surface area (TPSA) is 107 Å². The molecular weight excluding hydrogens is 394 g/mol. The van der Waals surface area contributed by atoms with Crippen molar-refractivity contribution in [3.8, 4) is 23.0 Å². The van der Waals surface area contributed by atoms with Crippen molar-refractivity contribution in [3.63, 3.8) is 0 Å². The van der Waals surface area contributed by atoms with Crippen molar-refractivity contribution in [1.29, 1.82) is 0 Å². The first-order valence-electron chi connectivity index (χ1n) is 8.99. The predicted molar refractivity (Wildman–Crippen MR) is 106 cm³/mol. The first-order valence-corrected chi connectivity index (χ1v) is 9.87. The van der Waals surface area contributed by atoms with Crippen LogP contribution < -0.4 is 9.47 Å². The van der Waals surface area contributed by atoms with E-state index in [0.717, 1.165) is 0 Å². The molecule has 0 unspecified atom stereocenters. The molecule has 3 heterocycles. The molecule has 8 nitrogen and oxygen atoms in total. The number of thioether (sulfide) groups is 1. The number of aromatic nitrogens is 3. The maximum Gasteiger partial charge on any atom is 0.277 e. The Hall–Kier alpha value is -3.07. The summed E-state index contributed by atoms with van der Waals surface area (Å²) in [6.45, 7) is 7.00. The third kappa shape index (κ3) is 3.53. The maximum absolute atomic E-state index is 12.9. The van der Waals surface area contributed by atoms with Gasteiger partial charge in [0.05, 0.1) is 10.9 Å². The maximum atomic E-state index is 12.9. The molecule has 0 fully saturated rings. The van der Waals surface area contributed by atoms with Gasteiger partial charge in [-0.15, -0.1) is 10.2 Å². The zero-order chi connectivity index (χ0) is 20.7. The number of hydrogen-bond donors (Lipinski definition) is 1. The first kappa shape index (κ1) is 19.3. The van der Waals surface area contributed by atoms with Crippen LogP contribution in [0.5, 0.6) is 11.5 Å². The predicted octanol–water partition coefficient (Wildman–Crippen LogP) is 3.98. The largest absolute Gasteiger partial charge is 0.454 e. The average Bonchev–Trinajstić information content (AvgIpc) is 3.39. The highest BCUT2D eigenvalue weighted by atomic mass is 32.2. The lowest BCUT2D eigenvalue weighted by molar-refractivity contribution is 0.0988. The second-order valence-electron chi connectivity index (χ2n) is 6.75. The number of nitrogens with one attached hydrogen (secondary N) is 1. The monoisotopic (exact) mass is 413 g/mol. The van der Waals surface area contributed by atoms with Crippen molar-refractivity contribution in [1.82, 2.24) is 15.2 Å². The van der Waals surface area contributed by atoms with Gasteiger partial charge in [-0.25, -0.2) is 0 Å². The number of aromatic amines is 1. The van der Waals surface area contributed by atoms with E-state index in [9.17, 15) is 9.59 Å². The number of ketones is 2. The Balaban J connectivity index is 1.51. The van der Waals surface area contributed by atoms with E-state index in [4.69, 9.17) is 13.9 Å². The lowest BCUT2D eigenvalue weighted by atomic mass is 10.0. The summed E-state index contributed by atoms with van der Waals surface area (Å²) in [7, 11) is 0. The number of nitrogens with zero attached hydrogens (tertiary/aromatic N) is 2. The van der Waals surface area contributed by atoms with Crippen molar-refractivity contribution in [2.75, 3.05) is 6.79 Å². The Morgan fingerprint density at radius 2 is 1.93 bits per heavy atom. The summed E-state index contributed by atoms with van der Waals surface area (Å²) >= 11 is 1.17. The lowest BCUT2D eigenvalue weighted by Gasteiger charge is -2.07. The van der Waals surface area contributed by atoms with Crippen molar-refractivity contribution < 1.29 is 23.5 Å². The van der Waals surface area contributed by atoms with E-state index in [2.05, 4.69) is 15.2 Å². The molecule has 1 aromatic carbocycles. The van der Waals surface area contributed by atoms with Crippen molar-refractivity contribution in [2.24, 2.45) is 0 Å². The molecule has 1 aliphatic rings.